The predicted octanol–water partition coefficient (Wildman–Crippen LogP) is 1.17. The van der Waals surface area contributed by atoms with Crippen molar-refractivity contribution < 1.29 is 0 Å². The molecule has 1 aliphatic carbocycles. The van der Waals surface area contributed by atoms with Gasteiger partial charge in [-0.05, 0) is 32.2 Å². The van der Waals surface area contributed by atoms with Crippen molar-refractivity contribution in [3.05, 3.63) is 16.4 Å². The van der Waals surface area contributed by atoms with Crippen molar-refractivity contribution >= 4 is 16.3 Å². The molecule has 80 valence electrons. The zero-order valence-corrected chi connectivity index (χ0v) is 9.39. The molecule has 0 amide bonds. The van der Waals surface area contributed by atoms with Gasteiger partial charge in [0.2, 0.25) is 4.96 Å². The molecule has 15 heavy (non-hydrogen) atoms. The molecule has 5 heteroatoms. The van der Waals surface area contributed by atoms with Gasteiger partial charge in [-0.15, -0.1) is 10.2 Å². The van der Waals surface area contributed by atoms with Crippen molar-refractivity contribution in [3.8, 4) is 0 Å². The molecule has 2 heterocycles. The first kappa shape index (κ1) is 9.30. The maximum Gasteiger partial charge on any atom is 0.216 e. The molecule has 0 unspecified atom stereocenters. The van der Waals surface area contributed by atoms with Gasteiger partial charge >= 0.3 is 0 Å². The van der Waals surface area contributed by atoms with Crippen LogP contribution in [0.25, 0.3) is 4.96 Å². The summed E-state index contributed by atoms with van der Waals surface area (Å²) in [5.41, 5.74) is 6.97. The molecule has 0 aromatic carbocycles. The van der Waals surface area contributed by atoms with Crippen LogP contribution in [0.5, 0.6) is 0 Å². The highest BCUT2D eigenvalue weighted by atomic mass is 32.1. The van der Waals surface area contributed by atoms with E-state index >= 15 is 0 Å². The Hall–Kier alpha value is -0.940. The van der Waals surface area contributed by atoms with Crippen molar-refractivity contribution in [1.82, 2.24) is 14.6 Å². The molecule has 3 rings (SSSR count). The minimum absolute atomic E-state index is 0.723. The predicted molar refractivity (Wildman–Crippen MR) is 60.3 cm³/mol. The van der Waals surface area contributed by atoms with E-state index in [2.05, 4.69) is 14.6 Å². The molecule has 0 saturated carbocycles. The zero-order chi connectivity index (χ0) is 10.3. The summed E-state index contributed by atoms with van der Waals surface area (Å²) in [6.07, 6.45) is 5.63. The zero-order valence-electron chi connectivity index (χ0n) is 8.57. The minimum atomic E-state index is 0.723. The Labute approximate surface area is 92.1 Å². The Bertz CT molecular complexity index is 485. The number of hydrogen-bond acceptors (Lipinski definition) is 4. The number of nitrogens with zero attached hydrogens (tertiary/aromatic N) is 3. The van der Waals surface area contributed by atoms with E-state index in [1.165, 1.54) is 29.8 Å². The monoisotopic (exact) mass is 222 g/mol. The first-order chi connectivity index (χ1) is 7.40. The molecule has 2 aromatic heterocycles. The van der Waals surface area contributed by atoms with Crippen LogP contribution < -0.4 is 5.73 Å². The molecule has 0 spiro atoms. The van der Waals surface area contributed by atoms with Gasteiger partial charge in [-0.25, -0.2) is 0 Å². The molecule has 4 nitrogen and oxygen atoms in total. The van der Waals surface area contributed by atoms with E-state index in [1.54, 1.807) is 11.3 Å². The van der Waals surface area contributed by atoms with Crippen molar-refractivity contribution in [1.29, 1.82) is 0 Å². The smallest absolute Gasteiger partial charge is 0.216 e. The second-order valence-electron chi connectivity index (χ2n) is 3.95. The third-order valence-electron chi connectivity index (χ3n) is 2.93. The van der Waals surface area contributed by atoms with E-state index in [0.29, 0.717) is 0 Å². The summed E-state index contributed by atoms with van der Waals surface area (Å²) in [6.45, 7) is 0.723. The standard InChI is InChI=1S/C10H14N4S/c11-6-2-5-9-12-13-10-14(9)7-3-1-4-8(7)15-10/h1-6,11H2. The number of rotatable bonds is 3. The number of hydrogen-bond donors (Lipinski definition) is 1. The molecule has 0 radical (unpaired) electrons. The number of aromatic nitrogens is 3. The highest BCUT2D eigenvalue weighted by molar-refractivity contribution is 7.17. The third-order valence-corrected chi connectivity index (χ3v) is 4.06. The molecular weight excluding hydrogens is 208 g/mol. The first-order valence-electron chi connectivity index (χ1n) is 5.45. The van der Waals surface area contributed by atoms with Crippen molar-refractivity contribution in [3.63, 3.8) is 0 Å². The largest absolute Gasteiger partial charge is 0.330 e. The Morgan fingerprint density at radius 2 is 2.27 bits per heavy atom. The number of thiazole rings is 1. The van der Waals surface area contributed by atoms with Crippen LogP contribution in [0, 0.1) is 0 Å². The van der Waals surface area contributed by atoms with E-state index in [1.807, 2.05) is 0 Å². The van der Waals surface area contributed by atoms with Gasteiger partial charge in [0.1, 0.15) is 5.82 Å². The van der Waals surface area contributed by atoms with Crippen LogP contribution in [0.3, 0.4) is 0 Å². The van der Waals surface area contributed by atoms with Crippen LogP contribution in [0.1, 0.15) is 29.2 Å². The highest BCUT2D eigenvalue weighted by Crippen LogP contribution is 2.31. The summed E-state index contributed by atoms with van der Waals surface area (Å²) in [5.74, 6) is 1.09. The maximum atomic E-state index is 5.52. The summed E-state index contributed by atoms with van der Waals surface area (Å²) in [6, 6.07) is 0. The van der Waals surface area contributed by atoms with Gasteiger partial charge in [0.15, 0.2) is 0 Å². The second kappa shape index (κ2) is 3.57. The lowest BCUT2D eigenvalue weighted by molar-refractivity contribution is 0.759. The van der Waals surface area contributed by atoms with E-state index in [0.717, 1.165) is 30.2 Å². The van der Waals surface area contributed by atoms with Crippen LogP contribution in [0.4, 0.5) is 0 Å². The summed E-state index contributed by atoms with van der Waals surface area (Å²) in [7, 11) is 0. The molecule has 0 atom stereocenters. The van der Waals surface area contributed by atoms with Gasteiger partial charge in [0, 0.05) is 17.0 Å². The third kappa shape index (κ3) is 1.38. The molecule has 2 aromatic rings. The lowest BCUT2D eigenvalue weighted by Gasteiger charge is -1.98. The molecule has 2 N–H and O–H groups in total. The van der Waals surface area contributed by atoms with E-state index in [4.69, 9.17) is 5.73 Å². The number of aryl methyl sites for hydroxylation is 3. The Balaban J connectivity index is 2.07. The van der Waals surface area contributed by atoms with Gasteiger partial charge in [0.25, 0.3) is 0 Å². The van der Waals surface area contributed by atoms with Crippen molar-refractivity contribution in [2.24, 2.45) is 5.73 Å². The van der Waals surface area contributed by atoms with Gasteiger partial charge < -0.3 is 5.73 Å². The fraction of sp³-hybridized carbons (Fsp3) is 0.600. The quantitative estimate of drug-likeness (QED) is 0.848. The van der Waals surface area contributed by atoms with E-state index in [-0.39, 0.29) is 0 Å². The summed E-state index contributed by atoms with van der Waals surface area (Å²) < 4.78 is 2.25. The fourth-order valence-corrected chi connectivity index (χ4v) is 3.38. The van der Waals surface area contributed by atoms with Crippen molar-refractivity contribution in [2.75, 3.05) is 6.54 Å². The van der Waals surface area contributed by atoms with Gasteiger partial charge in [-0.3, -0.25) is 4.40 Å². The SMILES string of the molecule is NCCCc1nnc2sc3c(n12)CCC3. The van der Waals surface area contributed by atoms with Gasteiger partial charge in [0.05, 0.1) is 0 Å². The maximum absolute atomic E-state index is 5.52. The highest BCUT2D eigenvalue weighted by Gasteiger charge is 2.20. The molecule has 0 aliphatic heterocycles. The molecular formula is C10H14N4S. The first-order valence-corrected chi connectivity index (χ1v) is 6.26. The Kier molecular flexibility index (Phi) is 2.21. The van der Waals surface area contributed by atoms with Crippen LogP contribution >= 0.6 is 11.3 Å². The Morgan fingerprint density at radius 3 is 3.13 bits per heavy atom. The molecule has 0 saturated heterocycles. The summed E-state index contributed by atoms with van der Waals surface area (Å²) in [4.78, 5) is 2.57. The average molecular weight is 222 g/mol. The fourth-order valence-electron chi connectivity index (χ4n) is 2.22. The molecule has 1 aliphatic rings. The lowest BCUT2D eigenvalue weighted by Crippen LogP contribution is -2.04. The minimum Gasteiger partial charge on any atom is -0.330 e. The molecule has 0 fully saturated rings. The number of nitrogens with two attached hydrogens (primary N) is 1. The normalized spacial score (nSPS) is 15.0. The van der Waals surface area contributed by atoms with E-state index in [9.17, 15) is 0 Å². The van der Waals surface area contributed by atoms with Crippen LogP contribution in [-0.4, -0.2) is 21.1 Å². The lowest BCUT2D eigenvalue weighted by atomic mass is 10.3. The summed E-state index contributed by atoms with van der Waals surface area (Å²) >= 11 is 1.80. The topological polar surface area (TPSA) is 56.2 Å². The second-order valence-corrected chi connectivity index (χ2v) is 5.01. The van der Waals surface area contributed by atoms with E-state index < -0.39 is 0 Å². The molecule has 0 bridgehead atoms. The van der Waals surface area contributed by atoms with Crippen LogP contribution in [-0.2, 0) is 19.3 Å². The van der Waals surface area contributed by atoms with Gasteiger partial charge in [-0.1, -0.05) is 11.3 Å². The Morgan fingerprint density at radius 1 is 1.33 bits per heavy atom. The van der Waals surface area contributed by atoms with Crippen molar-refractivity contribution in [2.45, 2.75) is 32.1 Å². The van der Waals surface area contributed by atoms with Gasteiger partial charge in [-0.2, -0.15) is 0 Å². The summed E-state index contributed by atoms with van der Waals surface area (Å²) in [5, 5.41) is 8.46. The van der Waals surface area contributed by atoms with Crippen LogP contribution in [0.2, 0.25) is 0 Å². The number of fused-ring (bicyclic) bond motifs is 3. The van der Waals surface area contributed by atoms with Crippen LogP contribution in [0.15, 0.2) is 0 Å². The average Bonchev–Trinajstić information content (AvgIpc) is 2.85.